The molecule has 21 heavy (non-hydrogen) atoms. The molecule has 0 saturated heterocycles. The summed E-state index contributed by atoms with van der Waals surface area (Å²) >= 11 is 0. The van der Waals surface area contributed by atoms with Crippen LogP contribution in [0.3, 0.4) is 0 Å². The molecule has 1 N–H and O–H groups in total. The summed E-state index contributed by atoms with van der Waals surface area (Å²) in [6, 6.07) is 0. The lowest BCUT2D eigenvalue weighted by atomic mass is 9.93. The fourth-order valence-electron chi connectivity index (χ4n) is 1.49. The van der Waals surface area contributed by atoms with Crippen LogP contribution in [-0.2, 0) is 18.9 Å². The van der Waals surface area contributed by atoms with Crippen LogP contribution in [0.4, 0.5) is 0 Å². The summed E-state index contributed by atoms with van der Waals surface area (Å²) in [7, 11) is 1.66. The van der Waals surface area contributed by atoms with E-state index in [9.17, 15) is 0 Å². The van der Waals surface area contributed by atoms with Crippen LogP contribution >= 0.6 is 0 Å². The molecular formula is C16H35NO4. The average molecular weight is 305 g/mol. The molecule has 128 valence electrons. The molecule has 0 aromatic carbocycles. The van der Waals surface area contributed by atoms with Crippen molar-refractivity contribution in [3.8, 4) is 0 Å². The molecule has 0 radical (unpaired) electrons. The Bertz CT molecular complexity index is 239. The fourth-order valence-corrected chi connectivity index (χ4v) is 1.49. The number of hydrogen-bond donors (Lipinski definition) is 1. The Hall–Kier alpha value is -0.200. The van der Waals surface area contributed by atoms with E-state index in [1.54, 1.807) is 7.11 Å². The molecule has 0 aromatic heterocycles. The lowest BCUT2D eigenvalue weighted by Crippen LogP contribution is -2.43. The SMILES string of the molecule is COCCOCCOCCOCC(C)(C)CNC(C)(C)C. The molecule has 0 unspecified atom stereocenters. The third-order valence-electron chi connectivity index (χ3n) is 2.77. The smallest absolute Gasteiger partial charge is 0.0701 e. The van der Waals surface area contributed by atoms with Gasteiger partial charge in [-0.25, -0.2) is 0 Å². The second kappa shape index (κ2) is 11.4. The Morgan fingerprint density at radius 1 is 0.714 bits per heavy atom. The van der Waals surface area contributed by atoms with Crippen molar-refractivity contribution in [2.75, 3.05) is 59.9 Å². The predicted molar refractivity (Wildman–Crippen MR) is 85.9 cm³/mol. The van der Waals surface area contributed by atoms with E-state index in [2.05, 4.69) is 39.9 Å². The van der Waals surface area contributed by atoms with Gasteiger partial charge in [-0.15, -0.1) is 0 Å². The molecular weight excluding hydrogens is 270 g/mol. The van der Waals surface area contributed by atoms with Crippen molar-refractivity contribution in [3.05, 3.63) is 0 Å². The van der Waals surface area contributed by atoms with Gasteiger partial charge in [-0.3, -0.25) is 0 Å². The molecule has 0 spiro atoms. The van der Waals surface area contributed by atoms with Crippen molar-refractivity contribution in [3.63, 3.8) is 0 Å². The maximum Gasteiger partial charge on any atom is 0.0701 e. The molecule has 0 aliphatic rings. The van der Waals surface area contributed by atoms with E-state index < -0.39 is 0 Å². The van der Waals surface area contributed by atoms with Crippen molar-refractivity contribution < 1.29 is 18.9 Å². The molecule has 0 fully saturated rings. The normalized spacial score (nSPS) is 12.9. The molecule has 0 atom stereocenters. The van der Waals surface area contributed by atoms with Crippen molar-refractivity contribution >= 4 is 0 Å². The second-order valence-corrected chi connectivity index (χ2v) is 7.04. The van der Waals surface area contributed by atoms with E-state index in [-0.39, 0.29) is 11.0 Å². The highest BCUT2D eigenvalue weighted by molar-refractivity contribution is 4.77. The van der Waals surface area contributed by atoms with Gasteiger partial charge in [0.25, 0.3) is 0 Å². The van der Waals surface area contributed by atoms with E-state index >= 15 is 0 Å². The van der Waals surface area contributed by atoms with Crippen LogP contribution in [0.15, 0.2) is 0 Å². The average Bonchev–Trinajstić information content (AvgIpc) is 2.38. The lowest BCUT2D eigenvalue weighted by Gasteiger charge is -2.30. The molecule has 5 heteroatoms. The molecule has 0 aliphatic heterocycles. The maximum absolute atomic E-state index is 5.68. The van der Waals surface area contributed by atoms with Gasteiger partial charge >= 0.3 is 0 Å². The first-order valence-corrected chi connectivity index (χ1v) is 7.74. The Kier molecular flexibility index (Phi) is 11.3. The van der Waals surface area contributed by atoms with Gasteiger partial charge in [-0.05, 0) is 20.8 Å². The highest BCUT2D eigenvalue weighted by Crippen LogP contribution is 2.15. The van der Waals surface area contributed by atoms with Gasteiger partial charge in [0, 0.05) is 24.6 Å². The van der Waals surface area contributed by atoms with Gasteiger partial charge < -0.3 is 24.3 Å². The molecule has 0 rings (SSSR count). The van der Waals surface area contributed by atoms with Crippen LogP contribution in [0.25, 0.3) is 0 Å². The summed E-state index contributed by atoms with van der Waals surface area (Å²) in [5.74, 6) is 0. The van der Waals surface area contributed by atoms with Crippen molar-refractivity contribution in [1.29, 1.82) is 0 Å². The maximum atomic E-state index is 5.68. The van der Waals surface area contributed by atoms with Crippen molar-refractivity contribution in [2.24, 2.45) is 5.41 Å². The summed E-state index contributed by atoms with van der Waals surface area (Å²) in [5, 5.41) is 3.51. The van der Waals surface area contributed by atoms with E-state index in [4.69, 9.17) is 18.9 Å². The topological polar surface area (TPSA) is 49.0 Å². The predicted octanol–water partition coefficient (Wildman–Crippen LogP) is 2.10. The van der Waals surface area contributed by atoms with Gasteiger partial charge in [0.05, 0.1) is 46.2 Å². The fraction of sp³-hybridized carbons (Fsp3) is 1.00. The first-order valence-electron chi connectivity index (χ1n) is 7.74. The Labute approximate surface area is 130 Å². The quantitative estimate of drug-likeness (QED) is 0.528. The van der Waals surface area contributed by atoms with Gasteiger partial charge in [0.2, 0.25) is 0 Å². The summed E-state index contributed by atoms with van der Waals surface area (Å²) < 4.78 is 21.3. The van der Waals surface area contributed by atoms with Crippen LogP contribution in [0, 0.1) is 5.41 Å². The Morgan fingerprint density at radius 3 is 1.67 bits per heavy atom. The van der Waals surface area contributed by atoms with Crippen LogP contribution in [0.2, 0.25) is 0 Å². The second-order valence-electron chi connectivity index (χ2n) is 7.04. The zero-order valence-corrected chi connectivity index (χ0v) is 14.8. The minimum Gasteiger partial charge on any atom is -0.382 e. The standard InChI is InChI=1S/C16H35NO4/c1-15(2,3)17-13-16(4,5)14-21-12-11-20-10-9-19-8-7-18-6/h17H,7-14H2,1-6H3. The van der Waals surface area contributed by atoms with Crippen molar-refractivity contribution in [2.45, 2.75) is 40.2 Å². The van der Waals surface area contributed by atoms with Crippen LogP contribution in [0.5, 0.6) is 0 Å². The number of rotatable bonds is 13. The summed E-state index contributed by atoms with van der Waals surface area (Å²) in [6.45, 7) is 16.3. The van der Waals surface area contributed by atoms with Gasteiger partial charge in [0.1, 0.15) is 0 Å². The monoisotopic (exact) mass is 305 g/mol. The summed E-state index contributed by atoms with van der Waals surface area (Å²) in [5.41, 5.74) is 0.264. The first-order chi connectivity index (χ1) is 9.77. The van der Waals surface area contributed by atoms with Crippen molar-refractivity contribution in [1.82, 2.24) is 5.32 Å². The highest BCUT2D eigenvalue weighted by atomic mass is 16.6. The third kappa shape index (κ3) is 16.0. The van der Waals surface area contributed by atoms with Gasteiger partial charge in [-0.1, -0.05) is 13.8 Å². The summed E-state index contributed by atoms with van der Waals surface area (Å²) in [4.78, 5) is 0. The van der Waals surface area contributed by atoms with Gasteiger partial charge in [-0.2, -0.15) is 0 Å². The molecule has 0 aliphatic carbocycles. The zero-order chi connectivity index (χ0) is 16.2. The van der Waals surface area contributed by atoms with Crippen LogP contribution in [-0.4, -0.2) is 65.4 Å². The van der Waals surface area contributed by atoms with Gasteiger partial charge in [0.15, 0.2) is 0 Å². The number of methoxy groups -OCH3 is 1. The highest BCUT2D eigenvalue weighted by Gasteiger charge is 2.21. The van der Waals surface area contributed by atoms with Crippen LogP contribution in [0.1, 0.15) is 34.6 Å². The molecule has 0 amide bonds. The van der Waals surface area contributed by atoms with E-state index in [1.807, 2.05) is 0 Å². The molecule has 0 saturated carbocycles. The Balaban J connectivity index is 3.40. The third-order valence-corrected chi connectivity index (χ3v) is 2.77. The minimum atomic E-state index is 0.122. The molecule has 0 aromatic rings. The molecule has 0 bridgehead atoms. The zero-order valence-electron chi connectivity index (χ0n) is 14.8. The summed E-state index contributed by atoms with van der Waals surface area (Å²) in [6.07, 6.45) is 0. The number of nitrogens with one attached hydrogen (secondary N) is 1. The first kappa shape index (κ1) is 20.8. The number of ether oxygens (including phenoxy) is 4. The van der Waals surface area contributed by atoms with E-state index in [0.29, 0.717) is 39.6 Å². The number of hydrogen-bond acceptors (Lipinski definition) is 5. The van der Waals surface area contributed by atoms with E-state index in [0.717, 1.165) is 13.2 Å². The molecule has 5 nitrogen and oxygen atoms in total. The molecule has 0 heterocycles. The van der Waals surface area contributed by atoms with Crippen LogP contribution < -0.4 is 5.32 Å². The largest absolute Gasteiger partial charge is 0.382 e. The lowest BCUT2D eigenvalue weighted by molar-refractivity contribution is -0.0100. The Morgan fingerprint density at radius 2 is 1.19 bits per heavy atom. The van der Waals surface area contributed by atoms with E-state index in [1.165, 1.54) is 0 Å². The minimum absolute atomic E-state index is 0.122.